The second-order valence-corrected chi connectivity index (χ2v) is 5.62. The van der Waals surface area contributed by atoms with Crippen LogP contribution in [0.1, 0.15) is 31.2 Å². The van der Waals surface area contributed by atoms with Gasteiger partial charge in [0.2, 0.25) is 0 Å². The third-order valence-corrected chi connectivity index (χ3v) is 3.51. The summed E-state index contributed by atoms with van der Waals surface area (Å²) in [6.07, 6.45) is 2.00. The average molecular weight is 286 g/mol. The van der Waals surface area contributed by atoms with Crippen molar-refractivity contribution in [1.29, 1.82) is 0 Å². The molecule has 0 aromatic carbocycles. The Kier molecular flexibility index (Phi) is 5.91. The average Bonchev–Trinajstić information content (AvgIpc) is 2.80. The van der Waals surface area contributed by atoms with Crippen LogP contribution in [0.25, 0.3) is 0 Å². The molecular weight excluding hydrogens is 268 g/mol. The molecule has 3 N–H and O–H groups in total. The zero-order valence-electron chi connectivity index (χ0n) is 10.9. The number of hydrogen-bond donors (Lipinski definition) is 3. The van der Waals surface area contributed by atoms with Gasteiger partial charge >= 0.3 is 11.9 Å². The highest BCUT2D eigenvalue weighted by molar-refractivity contribution is 7.09. The highest BCUT2D eigenvalue weighted by atomic mass is 32.1. The molecule has 0 aliphatic carbocycles. The molecule has 0 aliphatic heterocycles. The first-order valence-corrected chi connectivity index (χ1v) is 6.88. The molecule has 1 heterocycles. The van der Waals surface area contributed by atoms with Crippen LogP contribution in [0.15, 0.2) is 11.6 Å². The van der Waals surface area contributed by atoms with Crippen LogP contribution in [0.5, 0.6) is 0 Å². The fourth-order valence-corrected chi connectivity index (χ4v) is 2.42. The Morgan fingerprint density at radius 3 is 2.47 bits per heavy atom. The molecule has 2 atom stereocenters. The Hall–Kier alpha value is -1.47. The summed E-state index contributed by atoms with van der Waals surface area (Å²) in [5.74, 6) is -2.56. The van der Waals surface area contributed by atoms with Crippen molar-refractivity contribution in [3.8, 4) is 0 Å². The van der Waals surface area contributed by atoms with Crippen LogP contribution < -0.4 is 5.32 Å². The van der Waals surface area contributed by atoms with Crippen molar-refractivity contribution in [2.24, 2.45) is 5.92 Å². The monoisotopic (exact) mass is 286 g/mol. The molecule has 0 bridgehead atoms. The standard InChI is InChI=1S/C12H18N2O4S/c1-7(2)5-9(12(17)18)14-6-8(11(15)16)10-13-3-4-19-10/h3-4,7-9,14H,5-6H2,1-2H3,(H,15,16)(H,17,18). The molecule has 0 saturated heterocycles. The second-order valence-electron chi connectivity index (χ2n) is 4.69. The van der Waals surface area contributed by atoms with E-state index in [4.69, 9.17) is 10.2 Å². The van der Waals surface area contributed by atoms with Crippen molar-refractivity contribution in [2.45, 2.75) is 32.2 Å². The number of aliphatic carboxylic acids is 2. The number of carboxylic acids is 2. The maximum absolute atomic E-state index is 11.2. The first kappa shape index (κ1) is 15.6. The van der Waals surface area contributed by atoms with E-state index in [1.165, 1.54) is 11.3 Å². The number of aromatic nitrogens is 1. The molecule has 7 heteroatoms. The zero-order valence-corrected chi connectivity index (χ0v) is 11.7. The van der Waals surface area contributed by atoms with Gasteiger partial charge in [-0.25, -0.2) is 4.98 Å². The van der Waals surface area contributed by atoms with Crippen molar-refractivity contribution in [2.75, 3.05) is 6.54 Å². The molecule has 0 fully saturated rings. The molecule has 106 valence electrons. The zero-order chi connectivity index (χ0) is 14.4. The lowest BCUT2D eigenvalue weighted by molar-refractivity contribution is -0.142. The molecule has 0 radical (unpaired) electrons. The third kappa shape index (κ3) is 4.96. The molecule has 0 amide bonds. The maximum atomic E-state index is 11.2. The van der Waals surface area contributed by atoms with Gasteiger partial charge in [0, 0.05) is 18.1 Å². The fourth-order valence-electron chi connectivity index (χ4n) is 1.69. The van der Waals surface area contributed by atoms with Gasteiger partial charge in [-0.1, -0.05) is 13.8 Å². The van der Waals surface area contributed by atoms with E-state index >= 15 is 0 Å². The third-order valence-electron chi connectivity index (χ3n) is 2.62. The van der Waals surface area contributed by atoms with Crippen LogP contribution in [-0.4, -0.2) is 39.7 Å². The maximum Gasteiger partial charge on any atom is 0.320 e. The van der Waals surface area contributed by atoms with E-state index in [0.717, 1.165) is 0 Å². The van der Waals surface area contributed by atoms with Crippen molar-refractivity contribution >= 4 is 23.3 Å². The van der Waals surface area contributed by atoms with Crippen LogP contribution in [0.4, 0.5) is 0 Å². The number of rotatable bonds is 8. The van der Waals surface area contributed by atoms with E-state index in [-0.39, 0.29) is 12.5 Å². The van der Waals surface area contributed by atoms with Crippen molar-refractivity contribution in [3.63, 3.8) is 0 Å². The first-order chi connectivity index (χ1) is 8.91. The molecule has 1 aromatic heterocycles. The van der Waals surface area contributed by atoms with Gasteiger partial charge in [0.25, 0.3) is 0 Å². The minimum Gasteiger partial charge on any atom is -0.481 e. The lowest BCUT2D eigenvalue weighted by atomic mass is 10.0. The Morgan fingerprint density at radius 2 is 2.05 bits per heavy atom. The lowest BCUT2D eigenvalue weighted by Gasteiger charge is -2.18. The molecule has 1 rings (SSSR count). The predicted octanol–water partition coefficient (Wildman–Crippen LogP) is 1.40. The summed E-state index contributed by atoms with van der Waals surface area (Å²) in [6.45, 7) is 3.91. The van der Waals surface area contributed by atoms with Crippen LogP contribution in [0, 0.1) is 5.92 Å². The summed E-state index contributed by atoms with van der Waals surface area (Å²) in [5, 5.41) is 23.2. The minimum atomic E-state index is -1.00. The van der Waals surface area contributed by atoms with Gasteiger partial charge in [0.15, 0.2) is 0 Å². The van der Waals surface area contributed by atoms with E-state index in [9.17, 15) is 9.59 Å². The molecule has 6 nitrogen and oxygen atoms in total. The summed E-state index contributed by atoms with van der Waals surface area (Å²) < 4.78 is 0. The van der Waals surface area contributed by atoms with E-state index in [0.29, 0.717) is 11.4 Å². The highest BCUT2D eigenvalue weighted by Crippen LogP contribution is 2.18. The Morgan fingerprint density at radius 1 is 1.37 bits per heavy atom. The number of hydrogen-bond acceptors (Lipinski definition) is 5. The Bertz CT molecular complexity index is 419. The smallest absolute Gasteiger partial charge is 0.320 e. The molecule has 2 unspecified atom stereocenters. The normalized spacial score (nSPS) is 14.3. The Balaban J connectivity index is 2.65. The fraction of sp³-hybridized carbons (Fsp3) is 0.583. The quantitative estimate of drug-likeness (QED) is 0.668. The van der Waals surface area contributed by atoms with Crippen LogP contribution in [0.2, 0.25) is 0 Å². The predicted molar refractivity (Wildman–Crippen MR) is 71.4 cm³/mol. The molecule has 1 aromatic rings. The summed E-state index contributed by atoms with van der Waals surface area (Å²) in [4.78, 5) is 26.2. The van der Waals surface area contributed by atoms with Gasteiger partial charge in [0.05, 0.1) is 0 Å². The highest BCUT2D eigenvalue weighted by Gasteiger charge is 2.26. The lowest BCUT2D eigenvalue weighted by Crippen LogP contribution is -2.41. The number of nitrogens with zero attached hydrogens (tertiary/aromatic N) is 1. The largest absolute Gasteiger partial charge is 0.481 e. The minimum absolute atomic E-state index is 0.0620. The topological polar surface area (TPSA) is 99.5 Å². The van der Waals surface area contributed by atoms with Gasteiger partial charge < -0.3 is 15.5 Å². The molecular formula is C12H18N2O4S. The molecule has 0 saturated carbocycles. The summed E-state index contributed by atoms with van der Waals surface area (Å²) in [7, 11) is 0. The SMILES string of the molecule is CC(C)CC(NCC(C(=O)O)c1nccs1)C(=O)O. The number of thiazole rings is 1. The van der Waals surface area contributed by atoms with Crippen LogP contribution in [0.3, 0.4) is 0 Å². The molecule has 0 aliphatic rings. The summed E-state index contributed by atoms with van der Waals surface area (Å²) in [6, 6.07) is -0.734. The van der Waals surface area contributed by atoms with E-state index in [2.05, 4.69) is 10.3 Å². The van der Waals surface area contributed by atoms with E-state index in [1.54, 1.807) is 11.6 Å². The van der Waals surface area contributed by atoms with Gasteiger partial charge in [-0.15, -0.1) is 11.3 Å². The van der Waals surface area contributed by atoms with Gasteiger partial charge in [-0.3, -0.25) is 9.59 Å². The summed E-state index contributed by atoms with van der Waals surface area (Å²) in [5.41, 5.74) is 0. The van der Waals surface area contributed by atoms with Crippen molar-refractivity contribution < 1.29 is 19.8 Å². The number of nitrogens with one attached hydrogen (secondary N) is 1. The Labute approximate surface area is 115 Å². The van der Waals surface area contributed by atoms with Crippen LogP contribution in [-0.2, 0) is 9.59 Å². The van der Waals surface area contributed by atoms with E-state index in [1.807, 2.05) is 13.8 Å². The summed E-state index contributed by atoms with van der Waals surface area (Å²) >= 11 is 1.25. The molecule has 19 heavy (non-hydrogen) atoms. The van der Waals surface area contributed by atoms with Gasteiger partial charge in [-0.2, -0.15) is 0 Å². The van der Waals surface area contributed by atoms with E-state index < -0.39 is 23.9 Å². The second kappa shape index (κ2) is 7.20. The number of carbonyl (C=O) groups is 2. The van der Waals surface area contributed by atoms with Gasteiger partial charge in [0.1, 0.15) is 17.0 Å². The molecule has 0 spiro atoms. The van der Waals surface area contributed by atoms with Gasteiger partial charge in [-0.05, 0) is 12.3 Å². The van der Waals surface area contributed by atoms with Crippen molar-refractivity contribution in [1.82, 2.24) is 10.3 Å². The first-order valence-electron chi connectivity index (χ1n) is 6.00. The number of carboxylic acid groups (broad SMARTS) is 2. The van der Waals surface area contributed by atoms with Crippen molar-refractivity contribution in [3.05, 3.63) is 16.6 Å². The van der Waals surface area contributed by atoms with Crippen LogP contribution >= 0.6 is 11.3 Å².